The number of alkyl halides is 3. The van der Waals surface area contributed by atoms with E-state index in [0.29, 0.717) is 22.8 Å². The molecule has 0 bridgehead atoms. The Kier molecular flexibility index (Phi) is 11.9. The maximum Gasteiger partial charge on any atom is 0.416 e. The van der Waals surface area contributed by atoms with Gasteiger partial charge < -0.3 is 9.13 Å². The molecule has 0 spiro atoms. The lowest BCUT2D eigenvalue weighted by atomic mass is 9.85. The van der Waals surface area contributed by atoms with E-state index >= 15 is 13.2 Å². The monoisotopic (exact) mass is 1010 g/mol. The fraction of sp³-hybridized carbons (Fsp3) is 0.246. The Labute approximate surface area is 444 Å². The van der Waals surface area contributed by atoms with Gasteiger partial charge in [-0.25, -0.2) is 9.97 Å². The van der Waals surface area contributed by atoms with Crippen molar-refractivity contribution in [1.29, 1.82) is 0 Å². The summed E-state index contributed by atoms with van der Waals surface area (Å²) in [6, 6.07) is 59.1. The van der Waals surface area contributed by atoms with Gasteiger partial charge in [0.05, 0.1) is 50.4 Å². The number of benzene rings is 8. The van der Waals surface area contributed by atoms with Crippen LogP contribution in [0, 0.1) is 0 Å². The Morgan fingerprint density at radius 3 is 1.11 bits per heavy atom. The molecule has 0 saturated heterocycles. The summed E-state index contributed by atoms with van der Waals surface area (Å²) in [5, 5.41) is 4.19. The average Bonchev–Trinajstić information content (AvgIpc) is 3.94. The lowest BCUT2D eigenvalue weighted by Gasteiger charge is -2.22. The largest absolute Gasteiger partial charge is 0.416 e. The highest BCUT2D eigenvalue weighted by Gasteiger charge is 2.33. The average molecular weight is 1010 g/mol. The Bertz CT molecular complexity index is 3850. The van der Waals surface area contributed by atoms with Crippen LogP contribution in [-0.4, -0.2) is 19.1 Å². The fourth-order valence-electron chi connectivity index (χ4n) is 10.7. The summed E-state index contributed by atoms with van der Waals surface area (Å²) in [6.07, 6.45) is -4.62. The molecule has 7 heteroatoms. The molecule has 0 atom stereocenters. The van der Waals surface area contributed by atoms with Crippen molar-refractivity contribution in [2.75, 3.05) is 0 Å². The second-order valence-corrected chi connectivity index (χ2v) is 24.8. The van der Waals surface area contributed by atoms with Crippen LogP contribution in [0.1, 0.15) is 111 Å². The van der Waals surface area contributed by atoms with E-state index < -0.39 is 11.7 Å². The summed E-state index contributed by atoms with van der Waals surface area (Å²) in [4.78, 5) is 10.4. The van der Waals surface area contributed by atoms with Gasteiger partial charge in [0.1, 0.15) is 0 Å². The van der Waals surface area contributed by atoms with Gasteiger partial charge in [-0.2, -0.15) is 13.2 Å². The van der Waals surface area contributed by atoms with Crippen molar-refractivity contribution >= 4 is 43.6 Å². The highest BCUT2D eigenvalue weighted by Crippen LogP contribution is 2.46. The minimum atomic E-state index is -4.62. The fourth-order valence-corrected chi connectivity index (χ4v) is 10.7. The van der Waals surface area contributed by atoms with Crippen molar-refractivity contribution < 1.29 is 13.2 Å². The molecule has 11 rings (SSSR count). The van der Waals surface area contributed by atoms with Crippen molar-refractivity contribution in [2.45, 2.75) is 111 Å². The van der Waals surface area contributed by atoms with E-state index in [1.54, 1.807) is 6.07 Å². The Balaban J connectivity index is 1.28. The number of hydrogen-bond acceptors (Lipinski definition) is 2. The molecule has 8 aromatic carbocycles. The molecule has 0 amide bonds. The summed E-state index contributed by atoms with van der Waals surface area (Å²) in [6.45, 7) is 26.6. The molecular weight excluding hydrogens is 942 g/mol. The third-order valence-corrected chi connectivity index (χ3v) is 15.2. The first kappa shape index (κ1) is 50.4. The van der Waals surface area contributed by atoms with Gasteiger partial charge in [0.15, 0.2) is 5.82 Å². The summed E-state index contributed by atoms with van der Waals surface area (Å²) < 4.78 is 50.7. The van der Waals surface area contributed by atoms with E-state index in [9.17, 15) is 0 Å². The van der Waals surface area contributed by atoms with Crippen molar-refractivity contribution in [3.63, 3.8) is 0 Å². The number of fused-ring (bicyclic) bond motifs is 6. The van der Waals surface area contributed by atoms with Crippen LogP contribution >= 0.6 is 0 Å². The molecule has 0 radical (unpaired) electrons. The van der Waals surface area contributed by atoms with E-state index in [-0.39, 0.29) is 21.7 Å². The SMILES string of the molecule is CC(C)(C)c1ccc2c(c1)c1cc(C(C)(C)C)ccc1n2-c1ccc(-c2cc(-c3ccccc3)nc(-c3ccccc3)n2)cc1-c1ccc(C(F)(F)F)cc1-n1c2ccc(C(C)(C)C)cc2c2cc(C(C)(C)C)ccc21. The zero-order valence-corrected chi connectivity index (χ0v) is 45.7. The third kappa shape index (κ3) is 9.07. The molecule has 382 valence electrons. The molecule has 0 saturated carbocycles. The highest BCUT2D eigenvalue weighted by molar-refractivity contribution is 6.12. The van der Waals surface area contributed by atoms with Crippen LogP contribution in [-0.2, 0) is 27.8 Å². The molecule has 0 unspecified atom stereocenters. The molecule has 0 aliphatic rings. The van der Waals surface area contributed by atoms with Gasteiger partial charge in [-0.1, -0.05) is 180 Å². The standard InChI is InChI=1S/C69H65F3N4/c1-65(2,3)45-25-31-59-52(36-45)53-37-46(66(4,5)6)26-32-60(53)75(59)58-30-23-44(57-41-56(42-19-15-13-16-20-42)73-64(74-57)43-21-17-14-18-22-43)35-51(58)50-29-24-49(69(70,71)72)40-63(50)76-61-33-27-47(67(7,8)9)38-54(61)55-39-48(68(10,11)12)28-34-62(55)76/h13-41H,1-12H3. The van der Waals surface area contributed by atoms with Crippen molar-refractivity contribution in [2.24, 2.45) is 0 Å². The molecule has 0 N–H and O–H groups in total. The molecule has 3 aromatic heterocycles. The van der Waals surface area contributed by atoms with Crippen LogP contribution < -0.4 is 0 Å². The van der Waals surface area contributed by atoms with Crippen LogP contribution in [0.5, 0.6) is 0 Å². The van der Waals surface area contributed by atoms with E-state index in [1.165, 1.54) is 23.3 Å². The molecule has 4 nitrogen and oxygen atoms in total. The molecule has 0 fully saturated rings. The Morgan fingerprint density at radius 1 is 0.316 bits per heavy atom. The Hall–Kier alpha value is -7.77. The van der Waals surface area contributed by atoms with Gasteiger partial charge in [0, 0.05) is 49.4 Å². The van der Waals surface area contributed by atoms with Gasteiger partial charge in [0.2, 0.25) is 0 Å². The first-order chi connectivity index (χ1) is 35.8. The first-order valence-corrected chi connectivity index (χ1v) is 26.4. The van der Waals surface area contributed by atoms with Crippen LogP contribution in [0.15, 0.2) is 176 Å². The van der Waals surface area contributed by atoms with E-state index in [2.05, 4.69) is 183 Å². The van der Waals surface area contributed by atoms with Crippen molar-refractivity contribution in [3.05, 3.63) is 204 Å². The summed E-state index contributed by atoms with van der Waals surface area (Å²) in [5.74, 6) is 0.569. The number of hydrogen-bond donors (Lipinski definition) is 0. The third-order valence-electron chi connectivity index (χ3n) is 15.2. The second kappa shape index (κ2) is 17.9. The number of nitrogens with zero attached hydrogens (tertiary/aromatic N) is 4. The molecular formula is C69H65F3N4. The molecule has 3 heterocycles. The lowest BCUT2D eigenvalue weighted by molar-refractivity contribution is -0.137. The Morgan fingerprint density at radius 2 is 0.697 bits per heavy atom. The topological polar surface area (TPSA) is 35.6 Å². The summed E-state index contributed by atoms with van der Waals surface area (Å²) in [7, 11) is 0. The summed E-state index contributed by atoms with van der Waals surface area (Å²) >= 11 is 0. The lowest BCUT2D eigenvalue weighted by Crippen LogP contribution is -2.11. The zero-order chi connectivity index (χ0) is 53.9. The van der Waals surface area contributed by atoms with Crippen molar-refractivity contribution in [3.8, 4) is 56.4 Å². The molecule has 11 aromatic rings. The quantitative estimate of drug-likeness (QED) is 0.166. The number of halogens is 3. The zero-order valence-electron chi connectivity index (χ0n) is 45.7. The maximum atomic E-state index is 15.4. The van der Waals surface area contributed by atoms with E-state index in [0.717, 1.165) is 88.4 Å². The van der Waals surface area contributed by atoms with Crippen LogP contribution in [0.3, 0.4) is 0 Å². The first-order valence-electron chi connectivity index (χ1n) is 26.4. The smallest absolute Gasteiger partial charge is 0.309 e. The molecule has 0 aliphatic heterocycles. The number of aromatic nitrogens is 4. The van der Waals surface area contributed by atoms with E-state index in [1.807, 2.05) is 66.7 Å². The van der Waals surface area contributed by atoms with Crippen LogP contribution in [0.25, 0.3) is 100 Å². The predicted octanol–water partition coefficient (Wildman–Crippen LogP) is 19.5. The highest BCUT2D eigenvalue weighted by atomic mass is 19.4. The van der Waals surface area contributed by atoms with Crippen LogP contribution in [0.4, 0.5) is 13.2 Å². The number of rotatable bonds is 6. The van der Waals surface area contributed by atoms with Gasteiger partial charge >= 0.3 is 6.18 Å². The molecule has 76 heavy (non-hydrogen) atoms. The van der Waals surface area contributed by atoms with Gasteiger partial charge in [-0.3, -0.25) is 0 Å². The van der Waals surface area contributed by atoms with Gasteiger partial charge in [0.25, 0.3) is 0 Å². The summed E-state index contributed by atoms with van der Waals surface area (Å²) in [5.41, 5.74) is 13.7. The predicted molar refractivity (Wildman–Crippen MR) is 312 cm³/mol. The minimum Gasteiger partial charge on any atom is -0.309 e. The second-order valence-electron chi connectivity index (χ2n) is 24.8. The normalized spacial score (nSPS) is 12.9. The van der Waals surface area contributed by atoms with Crippen molar-refractivity contribution in [1.82, 2.24) is 19.1 Å². The maximum absolute atomic E-state index is 15.4. The van der Waals surface area contributed by atoms with Gasteiger partial charge in [-0.15, -0.1) is 0 Å². The molecule has 0 aliphatic carbocycles. The van der Waals surface area contributed by atoms with Crippen LogP contribution in [0.2, 0.25) is 0 Å². The van der Waals surface area contributed by atoms with E-state index in [4.69, 9.17) is 9.97 Å². The minimum absolute atomic E-state index is 0.120. The van der Waals surface area contributed by atoms with Gasteiger partial charge in [-0.05, 0) is 123 Å².